The minimum atomic E-state index is 0.0348. The molecule has 0 spiro atoms. The second kappa shape index (κ2) is 6.90. The molecule has 2 aliphatic rings. The van der Waals surface area contributed by atoms with Gasteiger partial charge in [0.15, 0.2) is 5.82 Å². The molecule has 0 radical (unpaired) electrons. The lowest BCUT2D eigenvalue weighted by atomic mass is 9.92. The summed E-state index contributed by atoms with van der Waals surface area (Å²) in [5.41, 5.74) is 1.06. The van der Waals surface area contributed by atoms with E-state index in [4.69, 9.17) is 0 Å². The standard InChI is InChI=1S/C19H31N5O/c1-14(25)24-10-6-7-15(24)11-22(5)16-12-23(13-16)18-9-8-17(20-21-18)19(2,3)4/h8-9,15-16H,6-7,10-13H2,1-5H3. The van der Waals surface area contributed by atoms with E-state index in [-0.39, 0.29) is 11.3 Å². The first kappa shape index (κ1) is 18.1. The van der Waals surface area contributed by atoms with Crippen molar-refractivity contribution in [2.75, 3.05) is 38.1 Å². The Morgan fingerprint density at radius 2 is 2.00 bits per heavy atom. The quantitative estimate of drug-likeness (QED) is 0.834. The Bertz CT molecular complexity index is 603. The zero-order valence-corrected chi connectivity index (χ0v) is 16.2. The fourth-order valence-electron chi connectivity index (χ4n) is 3.74. The molecule has 6 heteroatoms. The Kier molecular flexibility index (Phi) is 5.00. The molecule has 1 amide bonds. The Morgan fingerprint density at radius 1 is 1.28 bits per heavy atom. The average molecular weight is 345 g/mol. The highest BCUT2D eigenvalue weighted by atomic mass is 16.2. The Hall–Kier alpha value is -1.69. The molecule has 2 saturated heterocycles. The van der Waals surface area contributed by atoms with Gasteiger partial charge in [-0.1, -0.05) is 20.8 Å². The predicted molar refractivity (Wildman–Crippen MR) is 99.8 cm³/mol. The van der Waals surface area contributed by atoms with Crippen LogP contribution in [-0.2, 0) is 10.2 Å². The van der Waals surface area contributed by atoms with Crippen LogP contribution in [0.15, 0.2) is 12.1 Å². The van der Waals surface area contributed by atoms with Crippen molar-refractivity contribution in [1.29, 1.82) is 0 Å². The average Bonchev–Trinajstić information content (AvgIpc) is 2.93. The molecule has 6 nitrogen and oxygen atoms in total. The van der Waals surface area contributed by atoms with Crippen molar-refractivity contribution in [1.82, 2.24) is 20.0 Å². The van der Waals surface area contributed by atoms with Crippen molar-refractivity contribution in [3.8, 4) is 0 Å². The highest BCUT2D eigenvalue weighted by Crippen LogP contribution is 2.25. The molecule has 1 aromatic rings. The van der Waals surface area contributed by atoms with E-state index in [1.54, 1.807) is 6.92 Å². The summed E-state index contributed by atoms with van der Waals surface area (Å²) in [6, 6.07) is 5.07. The molecule has 2 fully saturated rings. The van der Waals surface area contributed by atoms with E-state index in [1.165, 1.54) is 0 Å². The van der Waals surface area contributed by atoms with Crippen LogP contribution in [0.1, 0.15) is 46.2 Å². The summed E-state index contributed by atoms with van der Waals surface area (Å²) in [6.45, 7) is 12.0. The monoisotopic (exact) mass is 345 g/mol. The van der Waals surface area contributed by atoms with Gasteiger partial charge in [-0.2, -0.15) is 5.10 Å². The molecule has 3 rings (SSSR count). The van der Waals surface area contributed by atoms with Crippen molar-refractivity contribution in [2.24, 2.45) is 0 Å². The largest absolute Gasteiger partial charge is 0.352 e. The van der Waals surface area contributed by atoms with Gasteiger partial charge in [0.1, 0.15) is 0 Å². The molecule has 25 heavy (non-hydrogen) atoms. The van der Waals surface area contributed by atoms with Gasteiger partial charge in [0.05, 0.1) is 5.69 Å². The number of likely N-dealkylation sites (tertiary alicyclic amines) is 1. The van der Waals surface area contributed by atoms with Crippen LogP contribution in [0.2, 0.25) is 0 Å². The minimum Gasteiger partial charge on any atom is -0.352 e. The number of hydrogen-bond acceptors (Lipinski definition) is 5. The number of likely N-dealkylation sites (N-methyl/N-ethyl adjacent to an activating group) is 1. The van der Waals surface area contributed by atoms with E-state index >= 15 is 0 Å². The number of amides is 1. The van der Waals surface area contributed by atoms with Gasteiger partial charge in [0, 0.05) is 50.6 Å². The lowest BCUT2D eigenvalue weighted by molar-refractivity contribution is -0.130. The maximum atomic E-state index is 11.7. The summed E-state index contributed by atoms with van der Waals surface area (Å²) in [7, 11) is 2.17. The lowest BCUT2D eigenvalue weighted by Crippen LogP contribution is -2.60. The van der Waals surface area contributed by atoms with Crippen molar-refractivity contribution >= 4 is 11.7 Å². The highest BCUT2D eigenvalue weighted by molar-refractivity contribution is 5.73. The van der Waals surface area contributed by atoms with E-state index in [9.17, 15) is 4.79 Å². The molecule has 0 bridgehead atoms. The maximum Gasteiger partial charge on any atom is 0.219 e. The molecule has 1 atom stereocenters. The van der Waals surface area contributed by atoms with Crippen LogP contribution in [0.25, 0.3) is 0 Å². The number of anilines is 1. The fourth-order valence-corrected chi connectivity index (χ4v) is 3.74. The first-order valence-corrected chi connectivity index (χ1v) is 9.32. The molecule has 1 aromatic heterocycles. The molecular formula is C19H31N5O. The third kappa shape index (κ3) is 3.94. The Balaban J connectivity index is 1.51. The third-order valence-electron chi connectivity index (χ3n) is 5.51. The van der Waals surface area contributed by atoms with Crippen LogP contribution in [0.5, 0.6) is 0 Å². The summed E-state index contributed by atoms with van der Waals surface area (Å²) in [5, 5.41) is 8.79. The zero-order chi connectivity index (χ0) is 18.2. The van der Waals surface area contributed by atoms with Gasteiger partial charge in [-0.05, 0) is 32.0 Å². The number of aromatic nitrogens is 2. The number of carbonyl (C=O) groups excluding carboxylic acids is 1. The third-order valence-corrected chi connectivity index (χ3v) is 5.51. The second-order valence-corrected chi connectivity index (χ2v) is 8.53. The molecule has 0 aliphatic carbocycles. The van der Waals surface area contributed by atoms with E-state index in [2.05, 4.69) is 59.9 Å². The highest BCUT2D eigenvalue weighted by Gasteiger charge is 2.34. The summed E-state index contributed by atoms with van der Waals surface area (Å²) < 4.78 is 0. The second-order valence-electron chi connectivity index (χ2n) is 8.53. The molecule has 1 unspecified atom stereocenters. The Morgan fingerprint density at radius 3 is 2.56 bits per heavy atom. The molecule has 0 N–H and O–H groups in total. The van der Waals surface area contributed by atoms with Gasteiger partial charge in [0.2, 0.25) is 5.91 Å². The molecule has 2 aliphatic heterocycles. The lowest BCUT2D eigenvalue weighted by Gasteiger charge is -2.45. The van der Waals surface area contributed by atoms with Gasteiger partial charge < -0.3 is 9.80 Å². The molecule has 0 aromatic carbocycles. The number of nitrogens with zero attached hydrogens (tertiary/aromatic N) is 5. The van der Waals surface area contributed by atoms with Crippen molar-refractivity contribution in [3.63, 3.8) is 0 Å². The van der Waals surface area contributed by atoms with Gasteiger partial charge in [-0.3, -0.25) is 9.69 Å². The van der Waals surface area contributed by atoms with Gasteiger partial charge >= 0.3 is 0 Å². The number of rotatable bonds is 4. The van der Waals surface area contributed by atoms with Crippen LogP contribution >= 0.6 is 0 Å². The minimum absolute atomic E-state index is 0.0348. The van der Waals surface area contributed by atoms with Crippen molar-refractivity contribution in [3.05, 3.63) is 17.8 Å². The van der Waals surface area contributed by atoms with Crippen LogP contribution in [0, 0.1) is 0 Å². The van der Waals surface area contributed by atoms with Crippen LogP contribution < -0.4 is 4.90 Å². The van der Waals surface area contributed by atoms with Crippen LogP contribution in [-0.4, -0.2) is 71.2 Å². The van der Waals surface area contributed by atoms with Crippen molar-refractivity contribution < 1.29 is 4.79 Å². The zero-order valence-electron chi connectivity index (χ0n) is 16.2. The normalized spacial score (nSPS) is 21.8. The summed E-state index contributed by atoms with van der Waals surface area (Å²) in [4.78, 5) is 18.4. The van der Waals surface area contributed by atoms with E-state index in [0.29, 0.717) is 12.1 Å². The maximum absolute atomic E-state index is 11.7. The van der Waals surface area contributed by atoms with E-state index in [0.717, 1.165) is 50.5 Å². The van der Waals surface area contributed by atoms with Crippen molar-refractivity contribution in [2.45, 2.75) is 58.0 Å². The summed E-state index contributed by atoms with van der Waals surface area (Å²) in [6.07, 6.45) is 2.25. The first-order valence-electron chi connectivity index (χ1n) is 9.32. The van der Waals surface area contributed by atoms with Crippen LogP contribution in [0.4, 0.5) is 5.82 Å². The topological polar surface area (TPSA) is 52.6 Å². The molecule has 138 valence electrons. The molecular weight excluding hydrogens is 314 g/mol. The molecule has 0 saturated carbocycles. The summed E-state index contributed by atoms with van der Waals surface area (Å²) in [5.74, 6) is 1.17. The van der Waals surface area contributed by atoms with Crippen LogP contribution in [0.3, 0.4) is 0 Å². The van der Waals surface area contributed by atoms with E-state index in [1.807, 2.05) is 4.90 Å². The van der Waals surface area contributed by atoms with Gasteiger partial charge in [-0.25, -0.2) is 0 Å². The first-order chi connectivity index (χ1) is 11.8. The smallest absolute Gasteiger partial charge is 0.219 e. The summed E-state index contributed by atoms with van der Waals surface area (Å²) >= 11 is 0. The number of carbonyl (C=O) groups is 1. The fraction of sp³-hybridized carbons (Fsp3) is 0.737. The van der Waals surface area contributed by atoms with E-state index < -0.39 is 0 Å². The number of hydrogen-bond donors (Lipinski definition) is 0. The SMILES string of the molecule is CC(=O)N1CCCC1CN(C)C1CN(c2ccc(C(C)(C)C)nn2)C1. The van der Waals surface area contributed by atoms with Gasteiger partial charge in [-0.15, -0.1) is 5.10 Å². The molecule has 3 heterocycles. The van der Waals surface area contributed by atoms with Gasteiger partial charge in [0.25, 0.3) is 0 Å². The Labute approximate surface area is 151 Å². The predicted octanol–water partition coefficient (Wildman–Crippen LogP) is 1.91.